The highest BCUT2D eigenvalue weighted by Crippen LogP contribution is 2.37. The van der Waals surface area contributed by atoms with Gasteiger partial charge in [-0.2, -0.15) is 13.2 Å². The number of rotatable bonds is 4. The van der Waals surface area contributed by atoms with Gasteiger partial charge >= 0.3 is 6.18 Å². The molecule has 154 valence electrons. The Morgan fingerprint density at radius 2 is 1.90 bits per heavy atom. The Bertz CT molecular complexity index is 1050. The second kappa shape index (κ2) is 7.38. The predicted octanol–water partition coefficient (Wildman–Crippen LogP) is 4.04. The van der Waals surface area contributed by atoms with E-state index in [1.54, 1.807) is 10.6 Å². The minimum absolute atomic E-state index is 0.0592. The number of benzene rings is 1. The minimum Gasteiger partial charge on any atom is -0.496 e. The highest BCUT2D eigenvalue weighted by molar-refractivity contribution is 5.82. The van der Waals surface area contributed by atoms with E-state index in [9.17, 15) is 18.0 Å². The van der Waals surface area contributed by atoms with E-state index in [4.69, 9.17) is 4.74 Å². The second-order valence-corrected chi connectivity index (χ2v) is 7.65. The van der Waals surface area contributed by atoms with E-state index in [0.29, 0.717) is 22.3 Å². The summed E-state index contributed by atoms with van der Waals surface area (Å²) in [5, 5.41) is 2.87. The third-order valence-electron chi connectivity index (χ3n) is 4.12. The molecule has 0 atom stereocenters. The molecule has 0 radical (unpaired) electrons. The Hall–Kier alpha value is -3.10. The van der Waals surface area contributed by atoms with Crippen LogP contribution in [0.1, 0.15) is 26.3 Å². The number of amides is 1. The Morgan fingerprint density at radius 3 is 2.52 bits per heavy atom. The average Bonchev–Trinajstić information content (AvgIpc) is 3.00. The van der Waals surface area contributed by atoms with Crippen molar-refractivity contribution >= 4 is 17.1 Å². The monoisotopic (exact) mass is 406 g/mol. The first kappa shape index (κ1) is 20.6. The highest BCUT2D eigenvalue weighted by Gasteiger charge is 2.31. The van der Waals surface area contributed by atoms with E-state index < -0.39 is 11.7 Å². The van der Waals surface area contributed by atoms with Gasteiger partial charge < -0.3 is 14.6 Å². The molecule has 0 bridgehead atoms. The molecule has 0 saturated carbocycles. The quantitative estimate of drug-likeness (QED) is 0.710. The molecule has 0 aliphatic carbocycles. The normalized spacial score (nSPS) is 12.2. The number of fused-ring (bicyclic) bond motifs is 1. The number of hydrogen-bond acceptors (Lipinski definition) is 4. The van der Waals surface area contributed by atoms with Gasteiger partial charge in [-0.3, -0.25) is 4.79 Å². The molecule has 6 nitrogen and oxygen atoms in total. The molecule has 0 spiro atoms. The molecule has 0 aliphatic heterocycles. The fourth-order valence-corrected chi connectivity index (χ4v) is 2.93. The lowest BCUT2D eigenvalue weighted by Crippen LogP contribution is -2.42. The van der Waals surface area contributed by atoms with Crippen molar-refractivity contribution in [3.63, 3.8) is 0 Å². The van der Waals surface area contributed by atoms with Gasteiger partial charge in [-0.25, -0.2) is 9.97 Å². The third-order valence-corrected chi connectivity index (χ3v) is 4.12. The van der Waals surface area contributed by atoms with Gasteiger partial charge in [0.2, 0.25) is 5.91 Å². The maximum Gasteiger partial charge on any atom is 0.416 e. The fraction of sp³-hybridized carbons (Fsp3) is 0.350. The summed E-state index contributed by atoms with van der Waals surface area (Å²) >= 11 is 0. The molecule has 0 saturated heterocycles. The minimum atomic E-state index is -4.46. The zero-order valence-corrected chi connectivity index (χ0v) is 16.5. The van der Waals surface area contributed by atoms with Crippen molar-refractivity contribution in [1.82, 2.24) is 19.9 Å². The van der Waals surface area contributed by atoms with Crippen molar-refractivity contribution in [3.8, 4) is 16.9 Å². The van der Waals surface area contributed by atoms with Gasteiger partial charge in [-0.05, 0) is 45.0 Å². The van der Waals surface area contributed by atoms with Crippen LogP contribution in [0.2, 0.25) is 0 Å². The summed E-state index contributed by atoms with van der Waals surface area (Å²) in [5.74, 6) is -0.0861. The predicted molar refractivity (Wildman–Crippen MR) is 102 cm³/mol. The molecule has 9 heteroatoms. The van der Waals surface area contributed by atoms with E-state index in [-0.39, 0.29) is 23.7 Å². The van der Waals surface area contributed by atoms with Crippen LogP contribution in [0, 0.1) is 0 Å². The molecule has 0 aliphatic rings. The Morgan fingerprint density at radius 1 is 1.17 bits per heavy atom. The molecule has 1 N–H and O–H groups in total. The Labute approximate surface area is 165 Å². The van der Waals surface area contributed by atoms with Gasteiger partial charge in [0.15, 0.2) is 5.65 Å². The molecule has 3 aromatic rings. The Kier molecular flexibility index (Phi) is 5.25. The number of ether oxygens (including phenoxy) is 1. The lowest BCUT2D eigenvalue weighted by molar-refractivity contribution is -0.137. The van der Waals surface area contributed by atoms with Crippen LogP contribution in [0.4, 0.5) is 13.2 Å². The number of carbonyl (C=O) groups excluding carboxylic acids is 1. The fourth-order valence-electron chi connectivity index (χ4n) is 2.93. The van der Waals surface area contributed by atoms with Gasteiger partial charge in [0, 0.05) is 22.9 Å². The summed E-state index contributed by atoms with van der Waals surface area (Å²) < 4.78 is 45.6. The van der Waals surface area contributed by atoms with Crippen molar-refractivity contribution in [1.29, 1.82) is 0 Å². The van der Waals surface area contributed by atoms with Crippen molar-refractivity contribution < 1.29 is 22.7 Å². The molecule has 29 heavy (non-hydrogen) atoms. The summed E-state index contributed by atoms with van der Waals surface area (Å²) in [6.07, 6.45) is -1.43. The van der Waals surface area contributed by atoms with Crippen LogP contribution < -0.4 is 10.1 Å². The highest BCUT2D eigenvalue weighted by atomic mass is 19.4. The summed E-state index contributed by atoms with van der Waals surface area (Å²) in [6, 6.07) is 5.00. The van der Waals surface area contributed by atoms with Crippen LogP contribution in [0.25, 0.3) is 22.3 Å². The van der Waals surface area contributed by atoms with Crippen LogP contribution in [0.5, 0.6) is 5.75 Å². The summed E-state index contributed by atoms with van der Waals surface area (Å²) in [6.45, 7) is 5.72. The molecule has 0 fully saturated rings. The number of halogens is 3. The number of carbonyl (C=O) groups is 1. The number of aromatic nitrogens is 3. The third kappa shape index (κ3) is 4.67. The van der Waals surface area contributed by atoms with Crippen LogP contribution in [-0.2, 0) is 17.5 Å². The van der Waals surface area contributed by atoms with Crippen molar-refractivity contribution in [3.05, 3.63) is 42.4 Å². The summed E-state index contributed by atoms with van der Waals surface area (Å²) in [7, 11) is 1.31. The molecular weight excluding hydrogens is 385 g/mol. The number of methoxy groups -OCH3 is 1. The molecular formula is C20H21F3N4O2. The van der Waals surface area contributed by atoms with Crippen LogP contribution in [-0.4, -0.2) is 33.1 Å². The molecule has 2 aromatic heterocycles. The van der Waals surface area contributed by atoms with E-state index in [1.165, 1.54) is 25.7 Å². The number of hydrogen-bond donors (Lipinski definition) is 1. The molecule has 2 heterocycles. The first-order chi connectivity index (χ1) is 13.5. The van der Waals surface area contributed by atoms with Crippen LogP contribution >= 0.6 is 0 Å². The zero-order valence-electron chi connectivity index (χ0n) is 16.5. The number of pyridine rings is 1. The maximum absolute atomic E-state index is 12.9. The van der Waals surface area contributed by atoms with Crippen molar-refractivity contribution in [2.45, 2.75) is 39.0 Å². The number of imidazole rings is 1. The van der Waals surface area contributed by atoms with Gasteiger partial charge in [0.25, 0.3) is 0 Å². The number of alkyl halides is 3. The molecule has 3 rings (SSSR count). The van der Waals surface area contributed by atoms with Gasteiger partial charge in [-0.15, -0.1) is 0 Å². The van der Waals surface area contributed by atoms with Gasteiger partial charge in [0.05, 0.1) is 19.0 Å². The van der Waals surface area contributed by atoms with Crippen LogP contribution in [0.15, 0.2) is 36.8 Å². The SMILES string of the molecule is COc1cc(C(F)(F)F)ccc1-c1cnc2c(c1)ncn2CC(=O)NC(C)(C)C. The maximum atomic E-state index is 12.9. The van der Waals surface area contributed by atoms with E-state index >= 15 is 0 Å². The van der Waals surface area contributed by atoms with E-state index in [2.05, 4.69) is 15.3 Å². The van der Waals surface area contributed by atoms with Crippen molar-refractivity contribution in [2.75, 3.05) is 7.11 Å². The topological polar surface area (TPSA) is 69.0 Å². The first-order valence-electron chi connectivity index (χ1n) is 8.85. The molecule has 1 amide bonds. The number of nitrogens with zero attached hydrogens (tertiary/aromatic N) is 3. The average molecular weight is 406 g/mol. The molecule has 0 unspecified atom stereocenters. The van der Waals surface area contributed by atoms with E-state index in [0.717, 1.165) is 12.1 Å². The smallest absolute Gasteiger partial charge is 0.416 e. The Balaban J connectivity index is 1.93. The standard InChI is InChI=1S/C20H21F3N4O2/c1-19(2,3)26-17(28)10-27-11-25-15-7-12(9-24-18(15)27)14-6-5-13(20(21,22)23)8-16(14)29-4/h5-9,11H,10H2,1-4H3,(H,26,28). The lowest BCUT2D eigenvalue weighted by Gasteiger charge is -2.20. The summed E-state index contributed by atoms with van der Waals surface area (Å²) in [4.78, 5) is 20.8. The van der Waals surface area contributed by atoms with Gasteiger partial charge in [0.1, 0.15) is 17.8 Å². The number of nitrogens with one attached hydrogen (secondary N) is 1. The van der Waals surface area contributed by atoms with Crippen LogP contribution in [0.3, 0.4) is 0 Å². The van der Waals surface area contributed by atoms with E-state index in [1.807, 2.05) is 20.8 Å². The molecule has 1 aromatic carbocycles. The van der Waals surface area contributed by atoms with Crippen molar-refractivity contribution in [2.24, 2.45) is 0 Å². The van der Waals surface area contributed by atoms with Gasteiger partial charge in [-0.1, -0.05) is 0 Å². The summed E-state index contributed by atoms with van der Waals surface area (Å²) in [5.41, 5.74) is 0.910. The lowest BCUT2D eigenvalue weighted by atomic mass is 10.0. The zero-order chi connectivity index (χ0) is 21.4. The largest absolute Gasteiger partial charge is 0.496 e. The second-order valence-electron chi connectivity index (χ2n) is 7.65. The first-order valence-corrected chi connectivity index (χ1v) is 8.85.